The van der Waals surface area contributed by atoms with E-state index in [1.54, 1.807) is 13.1 Å². The van der Waals surface area contributed by atoms with Crippen molar-refractivity contribution < 1.29 is 23.8 Å². The number of halogens is 1. The molecule has 0 bridgehead atoms. The third kappa shape index (κ3) is 3.43. The van der Waals surface area contributed by atoms with Gasteiger partial charge in [0.2, 0.25) is 0 Å². The lowest BCUT2D eigenvalue weighted by Gasteiger charge is -2.36. The largest absolute Gasteiger partial charge is 0.487 e. The number of aliphatic hydroxyl groups is 1. The number of anilines is 1. The number of fused-ring (bicyclic) bond motifs is 2. The molecule has 8 heteroatoms. The van der Waals surface area contributed by atoms with Crippen molar-refractivity contribution in [3.8, 4) is 5.75 Å². The quantitative estimate of drug-likeness (QED) is 0.808. The van der Waals surface area contributed by atoms with Gasteiger partial charge in [0.15, 0.2) is 6.17 Å². The van der Waals surface area contributed by atoms with E-state index in [9.17, 15) is 9.90 Å². The number of aliphatic hydroxyl groups excluding tert-OH is 1. The molecular formula is C23H26FN3O4. The molecule has 1 saturated heterocycles. The van der Waals surface area contributed by atoms with Gasteiger partial charge in [-0.05, 0) is 41.8 Å². The Bertz CT molecular complexity index is 1030. The number of hydrogen-bond acceptors (Lipinski definition) is 6. The molecule has 2 aromatic rings. The van der Waals surface area contributed by atoms with E-state index >= 15 is 4.39 Å². The molecule has 1 amide bonds. The van der Waals surface area contributed by atoms with Gasteiger partial charge in [-0.15, -0.1) is 0 Å². The van der Waals surface area contributed by atoms with E-state index < -0.39 is 18.3 Å². The average molecular weight is 427 g/mol. The summed E-state index contributed by atoms with van der Waals surface area (Å²) in [6, 6.07) is 7.13. The SMILES string of the molecule is Cc1cc2c(nc1N1CC[C@@H](Oc3ccc4c(c3)COC4)[C@H](F)C1)[C@@H](CO)N(C)C2=O. The first kappa shape index (κ1) is 20.2. The molecule has 7 nitrogen and oxygen atoms in total. The number of aromatic nitrogens is 1. The van der Waals surface area contributed by atoms with Crippen molar-refractivity contribution in [2.24, 2.45) is 0 Å². The lowest BCUT2D eigenvalue weighted by molar-refractivity contribution is 0.0714. The minimum absolute atomic E-state index is 0.147. The van der Waals surface area contributed by atoms with Crippen LogP contribution >= 0.6 is 0 Å². The zero-order valence-corrected chi connectivity index (χ0v) is 17.7. The molecule has 0 aliphatic carbocycles. The van der Waals surface area contributed by atoms with E-state index in [1.165, 1.54) is 4.90 Å². The van der Waals surface area contributed by atoms with E-state index in [-0.39, 0.29) is 19.1 Å². The third-order valence-corrected chi connectivity index (χ3v) is 6.48. The van der Waals surface area contributed by atoms with Gasteiger partial charge >= 0.3 is 0 Å². The molecular weight excluding hydrogens is 401 g/mol. The number of aryl methyl sites for hydroxylation is 1. The van der Waals surface area contributed by atoms with Crippen LogP contribution in [0.1, 0.15) is 45.2 Å². The van der Waals surface area contributed by atoms with Gasteiger partial charge in [-0.1, -0.05) is 6.07 Å². The molecule has 3 aliphatic rings. The molecule has 0 saturated carbocycles. The fraction of sp³-hybridized carbons (Fsp3) is 0.478. The second-order valence-corrected chi connectivity index (χ2v) is 8.51. The fourth-order valence-corrected chi connectivity index (χ4v) is 4.69. The number of amides is 1. The van der Waals surface area contributed by atoms with Crippen LogP contribution in [-0.2, 0) is 18.0 Å². The van der Waals surface area contributed by atoms with E-state index in [0.717, 1.165) is 16.7 Å². The highest BCUT2D eigenvalue weighted by atomic mass is 19.1. The molecule has 4 heterocycles. The summed E-state index contributed by atoms with van der Waals surface area (Å²) in [6.45, 7) is 3.63. The van der Waals surface area contributed by atoms with Crippen molar-refractivity contribution in [1.29, 1.82) is 0 Å². The summed E-state index contributed by atoms with van der Waals surface area (Å²) in [6.07, 6.45) is -1.18. The lowest BCUT2D eigenvalue weighted by atomic mass is 10.0. The first-order chi connectivity index (χ1) is 15.0. The van der Waals surface area contributed by atoms with Gasteiger partial charge in [-0.25, -0.2) is 9.37 Å². The van der Waals surface area contributed by atoms with Gasteiger partial charge in [0.05, 0.1) is 43.7 Å². The van der Waals surface area contributed by atoms with Crippen molar-refractivity contribution in [3.63, 3.8) is 0 Å². The van der Waals surface area contributed by atoms with Crippen LogP contribution in [0.2, 0.25) is 0 Å². The second kappa shape index (κ2) is 7.76. The van der Waals surface area contributed by atoms with Crippen LogP contribution in [-0.4, -0.2) is 59.9 Å². The topological polar surface area (TPSA) is 75.1 Å². The van der Waals surface area contributed by atoms with Gasteiger partial charge in [0.1, 0.15) is 17.7 Å². The van der Waals surface area contributed by atoms with Gasteiger partial charge in [0.25, 0.3) is 5.91 Å². The van der Waals surface area contributed by atoms with Crippen LogP contribution in [0.5, 0.6) is 5.75 Å². The highest BCUT2D eigenvalue weighted by Crippen LogP contribution is 2.35. The Kier molecular flexibility index (Phi) is 5.06. The first-order valence-electron chi connectivity index (χ1n) is 10.6. The molecule has 31 heavy (non-hydrogen) atoms. The highest BCUT2D eigenvalue weighted by Gasteiger charge is 2.38. The predicted octanol–water partition coefficient (Wildman–Crippen LogP) is 2.54. The minimum atomic E-state index is -1.18. The third-order valence-electron chi connectivity index (χ3n) is 6.48. The standard InChI is InChI=1S/C23H26FN3O4/c1-13-7-17-21(19(10-28)26(2)23(17)29)25-22(13)27-6-5-20(18(24)9-27)31-16-4-3-14-11-30-12-15(14)8-16/h3-4,7-8,18-20,28H,5-6,9-12H2,1-2H3/t18-,19-,20-/m1/s1. The second-order valence-electron chi connectivity index (χ2n) is 8.51. The molecule has 1 fully saturated rings. The predicted molar refractivity (Wildman–Crippen MR) is 112 cm³/mol. The molecule has 164 valence electrons. The van der Waals surface area contributed by atoms with Crippen molar-refractivity contribution in [1.82, 2.24) is 9.88 Å². The van der Waals surface area contributed by atoms with Crippen LogP contribution in [0.25, 0.3) is 0 Å². The maximum absolute atomic E-state index is 15.1. The van der Waals surface area contributed by atoms with Crippen molar-refractivity contribution in [2.75, 3.05) is 31.6 Å². The number of carbonyl (C=O) groups is 1. The van der Waals surface area contributed by atoms with Gasteiger partial charge in [0, 0.05) is 20.0 Å². The van der Waals surface area contributed by atoms with Crippen LogP contribution < -0.4 is 9.64 Å². The van der Waals surface area contributed by atoms with Crippen molar-refractivity contribution >= 4 is 11.7 Å². The Morgan fingerprint density at radius 1 is 1.29 bits per heavy atom. The van der Waals surface area contributed by atoms with Crippen molar-refractivity contribution in [2.45, 2.75) is 44.9 Å². The summed E-state index contributed by atoms with van der Waals surface area (Å²) >= 11 is 0. The lowest BCUT2D eigenvalue weighted by Crippen LogP contribution is -2.47. The molecule has 1 N–H and O–H groups in total. The molecule has 0 spiro atoms. The number of hydrogen-bond donors (Lipinski definition) is 1. The highest BCUT2D eigenvalue weighted by molar-refractivity contribution is 5.99. The summed E-state index contributed by atoms with van der Waals surface area (Å²) in [4.78, 5) is 20.5. The monoisotopic (exact) mass is 427 g/mol. The minimum Gasteiger partial charge on any atom is -0.487 e. The van der Waals surface area contributed by atoms with Gasteiger partial charge in [-0.3, -0.25) is 4.79 Å². The Morgan fingerprint density at radius 3 is 2.87 bits per heavy atom. The molecule has 3 atom stereocenters. The molecule has 5 rings (SSSR count). The number of likely N-dealkylation sites (N-methyl/N-ethyl adjacent to an activating group) is 1. The van der Waals surface area contributed by atoms with Crippen molar-refractivity contribution in [3.05, 3.63) is 52.2 Å². The van der Waals surface area contributed by atoms with E-state index in [1.807, 2.05) is 30.0 Å². The fourth-order valence-electron chi connectivity index (χ4n) is 4.69. The Labute approximate surface area is 180 Å². The summed E-state index contributed by atoms with van der Waals surface area (Å²) in [5.74, 6) is 1.19. The number of ether oxygens (including phenoxy) is 2. The molecule has 1 aromatic carbocycles. The van der Waals surface area contributed by atoms with Crippen LogP contribution in [0.4, 0.5) is 10.2 Å². The number of alkyl halides is 1. The zero-order valence-electron chi connectivity index (χ0n) is 17.7. The number of nitrogens with zero attached hydrogens (tertiary/aromatic N) is 3. The van der Waals surface area contributed by atoms with E-state index in [0.29, 0.717) is 49.0 Å². The van der Waals surface area contributed by atoms with E-state index in [4.69, 9.17) is 14.5 Å². The summed E-state index contributed by atoms with van der Waals surface area (Å²) < 4.78 is 26.5. The Balaban J connectivity index is 1.32. The number of pyridine rings is 1. The zero-order chi connectivity index (χ0) is 21.7. The van der Waals surface area contributed by atoms with Gasteiger partial charge < -0.3 is 24.4 Å². The van der Waals surface area contributed by atoms with Gasteiger partial charge in [-0.2, -0.15) is 0 Å². The van der Waals surface area contributed by atoms with Crippen LogP contribution in [0, 0.1) is 6.92 Å². The molecule has 3 aliphatic heterocycles. The Hall–Kier alpha value is -2.71. The summed E-state index contributed by atoms with van der Waals surface area (Å²) in [7, 11) is 1.66. The molecule has 0 unspecified atom stereocenters. The smallest absolute Gasteiger partial charge is 0.256 e. The summed E-state index contributed by atoms with van der Waals surface area (Å²) in [5.41, 5.74) is 4.15. The maximum atomic E-state index is 15.1. The average Bonchev–Trinajstić information content (AvgIpc) is 3.31. The number of benzene rings is 1. The van der Waals surface area contributed by atoms with E-state index in [2.05, 4.69) is 0 Å². The van der Waals surface area contributed by atoms with Crippen LogP contribution in [0.3, 0.4) is 0 Å². The van der Waals surface area contributed by atoms with Crippen LogP contribution in [0.15, 0.2) is 24.3 Å². The maximum Gasteiger partial charge on any atom is 0.256 e. The first-order valence-corrected chi connectivity index (χ1v) is 10.6. The normalized spacial score (nSPS) is 25.0. The molecule has 1 aromatic heterocycles. The summed E-state index contributed by atoms with van der Waals surface area (Å²) in [5, 5.41) is 9.71. The Morgan fingerprint density at radius 2 is 2.10 bits per heavy atom. The number of rotatable bonds is 4. The molecule has 0 radical (unpaired) electrons. The number of piperidine rings is 1. The number of carbonyl (C=O) groups excluding carboxylic acids is 1.